The second-order valence-corrected chi connectivity index (χ2v) is 10.9. The van der Waals surface area contributed by atoms with Crippen molar-refractivity contribution >= 4 is 17.6 Å². The molecule has 0 aromatic rings. The third-order valence-corrected chi connectivity index (χ3v) is 7.56. The second-order valence-electron chi connectivity index (χ2n) is 10.9. The number of amides is 1. The van der Waals surface area contributed by atoms with E-state index >= 15 is 0 Å². The van der Waals surface area contributed by atoms with Crippen LogP contribution in [0.5, 0.6) is 0 Å². The molecule has 0 radical (unpaired) electrons. The van der Waals surface area contributed by atoms with E-state index in [0.29, 0.717) is 34.8 Å². The summed E-state index contributed by atoms with van der Waals surface area (Å²) in [6, 6.07) is 1.84. The van der Waals surface area contributed by atoms with Crippen LogP contribution in [0.15, 0.2) is 76.9 Å². The molecule has 1 atom stereocenters. The molecule has 1 saturated carbocycles. The Balaban J connectivity index is 1.98. The highest BCUT2D eigenvalue weighted by atomic mass is 16.5. The number of nitriles is 1. The van der Waals surface area contributed by atoms with Crippen LogP contribution in [-0.4, -0.2) is 41.3 Å². The van der Waals surface area contributed by atoms with Crippen LogP contribution in [0.4, 0.5) is 0 Å². The first-order valence-corrected chi connectivity index (χ1v) is 12.5. The van der Waals surface area contributed by atoms with E-state index < -0.39 is 11.6 Å². The largest absolute Gasteiger partial charge is 0.465 e. The zero-order chi connectivity index (χ0) is 26.7. The molecule has 6 nitrogen and oxygen atoms in total. The number of carbonyl (C=O) groups excluding carboxylic acids is 2. The lowest BCUT2D eigenvalue weighted by atomic mass is 9.69. The first kappa shape index (κ1) is 27.1. The van der Waals surface area contributed by atoms with Gasteiger partial charge in [-0.3, -0.25) is 9.79 Å². The molecule has 1 aliphatic heterocycles. The average molecular weight is 488 g/mol. The molecule has 1 fully saturated rings. The molecule has 6 heteroatoms. The van der Waals surface area contributed by atoms with E-state index in [2.05, 4.69) is 40.0 Å². The third-order valence-electron chi connectivity index (χ3n) is 7.56. The van der Waals surface area contributed by atoms with Crippen LogP contribution < -0.4 is 0 Å². The first-order valence-electron chi connectivity index (χ1n) is 12.5. The Labute approximate surface area is 215 Å². The lowest BCUT2D eigenvalue weighted by Gasteiger charge is -2.47. The Morgan fingerprint density at radius 1 is 1.31 bits per heavy atom. The Bertz CT molecular complexity index is 1140. The van der Waals surface area contributed by atoms with Gasteiger partial charge in [-0.05, 0) is 68.1 Å². The predicted octanol–water partition coefficient (Wildman–Crippen LogP) is 5.77. The number of rotatable bonds is 6. The maximum absolute atomic E-state index is 14.0. The number of allylic oxidation sites excluding steroid dienone is 5. The van der Waals surface area contributed by atoms with Gasteiger partial charge in [0.15, 0.2) is 0 Å². The molecular weight excluding hydrogens is 450 g/mol. The van der Waals surface area contributed by atoms with E-state index in [4.69, 9.17) is 9.73 Å². The van der Waals surface area contributed by atoms with Gasteiger partial charge < -0.3 is 9.64 Å². The average Bonchev–Trinajstić information content (AvgIpc) is 2.99. The highest BCUT2D eigenvalue weighted by molar-refractivity contribution is 6.47. The summed E-state index contributed by atoms with van der Waals surface area (Å²) in [7, 11) is 1.31. The van der Waals surface area contributed by atoms with E-state index in [1.54, 1.807) is 18.2 Å². The number of carbonyl (C=O) groups is 2. The van der Waals surface area contributed by atoms with Crippen LogP contribution in [0.1, 0.15) is 59.8 Å². The van der Waals surface area contributed by atoms with Crippen molar-refractivity contribution in [2.24, 2.45) is 16.3 Å². The molecule has 0 saturated heterocycles. The van der Waals surface area contributed by atoms with E-state index in [1.165, 1.54) is 7.11 Å². The van der Waals surface area contributed by atoms with Crippen LogP contribution in [0.25, 0.3) is 0 Å². The number of ether oxygens (including phenoxy) is 1. The van der Waals surface area contributed by atoms with Gasteiger partial charge in [0.25, 0.3) is 5.91 Å². The minimum absolute atomic E-state index is 0.159. The zero-order valence-electron chi connectivity index (χ0n) is 22.1. The lowest BCUT2D eigenvalue weighted by molar-refractivity contribution is -0.135. The number of hydrogen-bond acceptors (Lipinski definition) is 5. The van der Waals surface area contributed by atoms with Crippen molar-refractivity contribution in [3.63, 3.8) is 0 Å². The van der Waals surface area contributed by atoms with Crippen LogP contribution in [0, 0.1) is 22.7 Å². The summed E-state index contributed by atoms with van der Waals surface area (Å²) in [5, 5.41) is 9.48. The van der Waals surface area contributed by atoms with Crippen molar-refractivity contribution in [3.8, 4) is 6.07 Å². The molecule has 1 amide bonds. The summed E-state index contributed by atoms with van der Waals surface area (Å²) < 4.78 is 4.72. The van der Waals surface area contributed by atoms with Crippen molar-refractivity contribution < 1.29 is 14.3 Å². The molecule has 0 bridgehead atoms. The Morgan fingerprint density at radius 3 is 2.56 bits per heavy atom. The molecule has 0 N–H and O–H groups in total. The summed E-state index contributed by atoms with van der Waals surface area (Å²) >= 11 is 0. The van der Waals surface area contributed by atoms with E-state index in [9.17, 15) is 14.9 Å². The first-order chi connectivity index (χ1) is 16.9. The van der Waals surface area contributed by atoms with Crippen LogP contribution in [0.2, 0.25) is 0 Å². The Morgan fingerprint density at radius 2 is 1.97 bits per heavy atom. The van der Waals surface area contributed by atoms with Crippen molar-refractivity contribution in [1.29, 1.82) is 5.26 Å². The van der Waals surface area contributed by atoms with Crippen LogP contribution >= 0.6 is 0 Å². The zero-order valence-corrected chi connectivity index (χ0v) is 22.1. The van der Waals surface area contributed by atoms with Gasteiger partial charge in [-0.2, -0.15) is 5.26 Å². The Hall–Kier alpha value is -3.46. The minimum atomic E-state index is -0.665. The maximum Gasteiger partial charge on any atom is 0.337 e. The van der Waals surface area contributed by atoms with E-state index in [1.807, 2.05) is 30.1 Å². The summed E-state index contributed by atoms with van der Waals surface area (Å²) in [6.07, 6.45) is 14.8. The van der Waals surface area contributed by atoms with Gasteiger partial charge >= 0.3 is 5.97 Å². The van der Waals surface area contributed by atoms with Gasteiger partial charge in [-0.15, -0.1) is 0 Å². The van der Waals surface area contributed by atoms with Crippen molar-refractivity contribution in [2.75, 3.05) is 7.11 Å². The highest BCUT2D eigenvalue weighted by Crippen LogP contribution is 2.48. The fourth-order valence-electron chi connectivity index (χ4n) is 5.24. The van der Waals surface area contributed by atoms with Gasteiger partial charge in [0, 0.05) is 11.1 Å². The second kappa shape index (κ2) is 10.7. The van der Waals surface area contributed by atoms with Crippen LogP contribution in [0.3, 0.4) is 0 Å². The molecule has 3 rings (SSSR count). The molecule has 3 aliphatic rings. The molecule has 2 aliphatic carbocycles. The molecule has 0 aromatic carbocycles. The van der Waals surface area contributed by atoms with Gasteiger partial charge in [0.05, 0.1) is 24.8 Å². The lowest BCUT2D eigenvalue weighted by Crippen LogP contribution is -2.54. The monoisotopic (exact) mass is 487 g/mol. The summed E-state index contributed by atoms with van der Waals surface area (Å²) in [4.78, 5) is 32.7. The number of hydrogen-bond donors (Lipinski definition) is 0. The van der Waals surface area contributed by atoms with Crippen LogP contribution in [-0.2, 0) is 14.3 Å². The molecule has 36 heavy (non-hydrogen) atoms. The standard InChI is InChI=1S/C30H37N3O3/c1-20(12-13-21(2)28(35)36-7)22(3)33-27(34)26(24-11-9-8-10-23(18-24)19-31)32-30(33)16-14-25(15-17-30)29(4,5)6/h9-13,18,22,25H,1-2,8,14-17H2,3-7H3. The normalized spacial score (nSPS) is 25.1. The minimum Gasteiger partial charge on any atom is -0.465 e. The third kappa shape index (κ3) is 5.51. The molecule has 1 heterocycles. The van der Waals surface area contributed by atoms with Gasteiger partial charge in [0.2, 0.25) is 0 Å². The smallest absolute Gasteiger partial charge is 0.337 e. The SMILES string of the molecule is C=C(C=CC(=C)C(C)N1C(=O)C(C2=CC(C#N)=CCC=C2)=NC12CCC(C(C)(C)C)CC2)C(=O)OC. The summed E-state index contributed by atoms with van der Waals surface area (Å²) in [6.45, 7) is 16.7. The molecule has 190 valence electrons. The fraction of sp³-hybridized carbons (Fsp3) is 0.467. The highest BCUT2D eigenvalue weighted by Gasteiger charge is 2.52. The summed E-state index contributed by atoms with van der Waals surface area (Å²) in [5.41, 5.74) is 1.99. The number of methoxy groups -OCH3 is 1. The maximum atomic E-state index is 14.0. The molecule has 0 aromatic heterocycles. The molecule has 1 spiro atoms. The Kier molecular flexibility index (Phi) is 8.03. The fourth-order valence-corrected chi connectivity index (χ4v) is 5.24. The van der Waals surface area contributed by atoms with Crippen molar-refractivity contribution in [3.05, 3.63) is 71.9 Å². The topological polar surface area (TPSA) is 82.8 Å². The molecular formula is C30H37N3O3. The van der Waals surface area contributed by atoms with E-state index in [0.717, 1.165) is 25.7 Å². The number of esters is 1. The summed E-state index contributed by atoms with van der Waals surface area (Å²) in [5.74, 6) is -0.126. The number of aliphatic imine (C=N–C) groups is 1. The van der Waals surface area contributed by atoms with Crippen molar-refractivity contribution in [1.82, 2.24) is 4.90 Å². The van der Waals surface area contributed by atoms with Gasteiger partial charge in [-0.1, -0.05) is 58.2 Å². The van der Waals surface area contributed by atoms with Gasteiger partial charge in [0.1, 0.15) is 11.4 Å². The molecule has 1 unspecified atom stereocenters. The predicted molar refractivity (Wildman–Crippen MR) is 143 cm³/mol. The quantitative estimate of drug-likeness (QED) is 0.271. The van der Waals surface area contributed by atoms with Crippen molar-refractivity contribution in [2.45, 2.75) is 71.5 Å². The van der Waals surface area contributed by atoms with E-state index in [-0.39, 0.29) is 22.9 Å². The van der Waals surface area contributed by atoms with Gasteiger partial charge in [-0.25, -0.2) is 4.79 Å². The number of nitrogens with zero attached hydrogens (tertiary/aromatic N) is 3.